The zero-order valence-electron chi connectivity index (χ0n) is 12.9. The van der Waals surface area contributed by atoms with E-state index in [9.17, 15) is 8.42 Å². The van der Waals surface area contributed by atoms with Crippen molar-refractivity contribution >= 4 is 9.84 Å². The normalized spacial score (nSPS) is 12.2. The standard InChI is InChI=1S/C14H26N2O3S/c1-5-6-15-10-14-9-13(12(2)19-14)11-16(3)7-8-20(4,17)18/h9,15H,5-8,10-11H2,1-4H3. The molecule has 0 radical (unpaired) electrons. The van der Waals surface area contributed by atoms with E-state index in [1.165, 1.54) is 6.26 Å². The van der Waals surface area contributed by atoms with Crippen LogP contribution in [0.1, 0.15) is 30.4 Å². The van der Waals surface area contributed by atoms with E-state index in [2.05, 4.69) is 18.3 Å². The highest BCUT2D eigenvalue weighted by Crippen LogP contribution is 2.16. The van der Waals surface area contributed by atoms with Gasteiger partial charge in [-0.25, -0.2) is 8.42 Å². The van der Waals surface area contributed by atoms with Gasteiger partial charge in [-0.3, -0.25) is 0 Å². The van der Waals surface area contributed by atoms with Crippen LogP contribution in [0.5, 0.6) is 0 Å². The highest BCUT2D eigenvalue weighted by Gasteiger charge is 2.11. The second-order valence-corrected chi connectivity index (χ2v) is 7.60. The highest BCUT2D eigenvalue weighted by molar-refractivity contribution is 7.90. The molecular weight excluding hydrogens is 276 g/mol. The average molecular weight is 302 g/mol. The fourth-order valence-electron chi connectivity index (χ4n) is 1.91. The molecule has 0 amide bonds. The van der Waals surface area contributed by atoms with Crippen molar-refractivity contribution in [3.05, 3.63) is 23.2 Å². The first-order chi connectivity index (χ1) is 9.31. The van der Waals surface area contributed by atoms with Crippen molar-refractivity contribution in [3.8, 4) is 0 Å². The lowest BCUT2D eigenvalue weighted by Gasteiger charge is -2.15. The maximum Gasteiger partial charge on any atom is 0.148 e. The monoisotopic (exact) mass is 302 g/mol. The molecule has 0 atom stereocenters. The Bertz CT molecular complexity index is 508. The van der Waals surface area contributed by atoms with Crippen LogP contribution in [-0.4, -0.2) is 45.5 Å². The topological polar surface area (TPSA) is 62.6 Å². The zero-order valence-corrected chi connectivity index (χ0v) is 13.7. The summed E-state index contributed by atoms with van der Waals surface area (Å²) in [5.41, 5.74) is 1.12. The molecule has 0 saturated carbocycles. The molecule has 0 aliphatic rings. The lowest BCUT2D eigenvalue weighted by molar-refractivity contribution is 0.342. The van der Waals surface area contributed by atoms with Crippen molar-refractivity contribution in [2.45, 2.75) is 33.4 Å². The molecule has 1 rings (SSSR count). The van der Waals surface area contributed by atoms with Crippen LogP contribution in [0.2, 0.25) is 0 Å². The molecule has 1 heterocycles. The predicted octanol–water partition coefficient (Wildman–Crippen LogP) is 1.56. The van der Waals surface area contributed by atoms with Gasteiger partial charge < -0.3 is 14.6 Å². The molecule has 116 valence electrons. The fourth-order valence-corrected chi connectivity index (χ4v) is 2.55. The van der Waals surface area contributed by atoms with Crippen molar-refractivity contribution in [2.24, 2.45) is 0 Å². The first-order valence-corrected chi connectivity index (χ1v) is 9.03. The van der Waals surface area contributed by atoms with Gasteiger partial charge in [0.25, 0.3) is 0 Å². The molecule has 1 aromatic heterocycles. The smallest absolute Gasteiger partial charge is 0.148 e. The minimum atomic E-state index is -2.91. The van der Waals surface area contributed by atoms with E-state index in [1.54, 1.807) is 0 Å². The second-order valence-electron chi connectivity index (χ2n) is 5.34. The summed E-state index contributed by atoms with van der Waals surface area (Å²) in [4.78, 5) is 2.00. The summed E-state index contributed by atoms with van der Waals surface area (Å²) in [5, 5.41) is 3.30. The highest BCUT2D eigenvalue weighted by atomic mass is 32.2. The van der Waals surface area contributed by atoms with Crippen LogP contribution >= 0.6 is 0 Å². The minimum Gasteiger partial charge on any atom is -0.465 e. The Morgan fingerprint density at radius 1 is 1.40 bits per heavy atom. The van der Waals surface area contributed by atoms with E-state index in [4.69, 9.17) is 4.42 Å². The quantitative estimate of drug-likeness (QED) is 0.702. The van der Waals surface area contributed by atoms with Crippen molar-refractivity contribution in [2.75, 3.05) is 32.1 Å². The summed E-state index contributed by atoms with van der Waals surface area (Å²) in [5.74, 6) is 2.03. The Labute approximate surface area is 122 Å². The van der Waals surface area contributed by atoms with Gasteiger partial charge in [0.2, 0.25) is 0 Å². The molecule has 6 heteroatoms. The van der Waals surface area contributed by atoms with E-state index in [1.807, 2.05) is 18.9 Å². The Kier molecular flexibility index (Phi) is 6.71. The fraction of sp³-hybridized carbons (Fsp3) is 0.714. The molecule has 1 N–H and O–H groups in total. The third-order valence-corrected chi connectivity index (χ3v) is 4.01. The van der Waals surface area contributed by atoms with Gasteiger partial charge in [-0.15, -0.1) is 0 Å². The van der Waals surface area contributed by atoms with Gasteiger partial charge in [-0.2, -0.15) is 0 Å². The van der Waals surface area contributed by atoms with E-state index < -0.39 is 9.84 Å². The average Bonchev–Trinajstić information content (AvgIpc) is 2.67. The van der Waals surface area contributed by atoms with E-state index in [0.29, 0.717) is 13.1 Å². The molecule has 1 aromatic rings. The lowest BCUT2D eigenvalue weighted by atomic mass is 10.2. The van der Waals surface area contributed by atoms with Gasteiger partial charge in [0.15, 0.2) is 0 Å². The minimum absolute atomic E-state index is 0.186. The summed E-state index contributed by atoms with van der Waals surface area (Å²) in [6.45, 7) is 7.03. The molecule has 0 bridgehead atoms. The number of sulfone groups is 1. The molecular formula is C14H26N2O3S. The molecule has 0 aliphatic heterocycles. The van der Waals surface area contributed by atoms with Crippen LogP contribution in [0, 0.1) is 6.92 Å². The van der Waals surface area contributed by atoms with E-state index in [-0.39, 0.29) is 5.75 Å². The Balaban J connectivity index is 2.50. The number of nitrogens with zero attached hydrogens (tertiary/aromatic N) is 1. The Morgan fingerprint density at radius 2 is 2.10 bits per heavy atom. The van der Waals surface area contributed by atoms with Crippen molar-refractivity contribution in [1.29, 1.82) is 0 Å². The zero-order chi connectivity index (χ0) is 15.2. The molecule has 0 unspecified atom stereocenters. The molecule has 0 saturated heterocycles. The van der Waals surface area contributed by atoms with Gasteiger partial charge >= 0.3 is 0 Å². The number of furan rings is 1. The predicted molar refractivity (Wildman–Crippen MR) is 81.5 cm³/mol. The van der Waals surface area contributed by atoms with Gasteiger partial charge in [0.1, 0.15) is 21.4 Å². The summed E-state index contributed by atoms with van der Waals surface area (Å²) in [6.07, 6.45) is 2.36. The Hall–Kier alpha value is -0.850. The van der Waals surface area contributed by atoms with Gasteiger partial charge in [0, 0.05) is 24.9 Å². The van der Waals surface area contributed by atoms with Crippen LogP contribution in [0.25, 0.3) is 0 Å². The van der Waals surface area contributed by atoms with Gasteiger partial charge in [-0.05, 0) is 33.0 Å². The van der Waals surface area contributed by atoms with E-state index >= 15 is 0 Å². The Morgan fingerprint density at radius 3 is 2.70 bits per heavy atom. The first-order valence-electron chi connectivity index (χ1n) is 6.97. The number of hydrogen-bond donors (Lipinski definition) is 1. The number of nitrogens with one attached hydrogen (secondary N) is 1. The summed E-state index contributed by atoms with van der Waals surface area (Å²) in [6, 6.07) is 2.05. The summed E-state index contributed by atoms with van der Waals surface area (Å²) in [7, 11) is -0.983. The van der Waals surface area contributed by atoms with Crippen LogP contribution in [0.4, 0.5) is 0 Å². The SMILES string of the molecule is CCCNCc1cc(CN(C)CCS(C)(=O)=O)c(C)o1. The van der Waals surface area contributed by atoms with Crippen molar-refractivity contribution in [3.63, 3.8) is 0 Å². The molecule has 0 spiro atoms. The third kappa shape index (κ3) is 6.54. The summed E-state index contributed by atoms with van der Waals surface area (Å²) < 4.78 is 28.0. The molecule has 5 nitrogen and oxygen atoms in total. The van der Waals surface area contributed by atoms with Crippen LogP contribution < -0.4 is 5.32 Å². The largest absolute Gasteiger partial charge is 0.465 e. The molecule has 0 aromatic carbocycles. The van der Waals surface area contributed by atoms with Crippen LogP contribution in [-0.2, 0) is 22.9 Å². The number of rotatable bonds is 9. The second kappa shape index (κ2) is 7.81. The maximum atomic E-state index is 11.2. The summed E-state index contributed by atoms with van der Waals surface area (Å²) >= 11 is 0. The molecule has 0 fully saturated rings. The number of hydrogen-bond acceptors (Lipinski definition) is 5. The maximum absolute atomic E-state index is 11.2. The van der Waals surface area contributed by atoms with Gasteiger partial charge in [0.05, 0.1) is 12.3 Å². The van der Waals surface area contributed by atoms with Crippen molar-refractivity contribution in [1.82, 2.24) is 10.2 Å². The number of aryl methyl sites for hydroxylation is 1. The molecule has 0 aliphatic carbocycles. The third-order valence-electron chi connectivity index (χ3n) is 3.08. The van der Waals surface area contributed by atoms with Crippen molar-refractivity contribution < 1.29 is 12.8 Å². The van der Waals surface area contributed by atoms with Crippen LogP contribution in [0.3, 0.4) is 0 Å². The lowest BCUT2D eigenvalue weighted by Crippen LogP contribution is -2.25. The van der Waals surface area contributed by atoms with E-state index in [0.717, 1.165) is 36.6 Å². The van der Waals surface area contributed by atoms with Gasteiger partial charge in [-0.1, -0.05) is 6.92 Å². The molecule has 20 heavy (non-hydrogen) atoms. The van der Waals surface area contributed by atoms with Crippen LogP contribution in [0.15, 0.2) is 10.5 Å². The first kappa shape index (κ1) is 17.2.